The summed E-state index contributed by atoms with van der Waals surface area (Å²) in [6, 6.07) is 0.205. The first-order valence-electron chi connectivity index (χ1n) is 5.83. The minimum Gasteiger partial charge on any atom is -0.285 e. The van der Waals surface area contributed by atoms with Crippen molar-refractivity contribution in [3.63, 3.8) is 0 Å². The molecular formula is C10H14N6OS. The molecule has 0 spiro atoms. The molecule has 0 saturated carbocycles. The fourth-order valence-electron chi connectivity index (χ4n) is 2.16. The van der Waals surface area contributed by atoms with Crippen LogP contribution in [0.2, 0.25) is 0 Å². The third-order valence-corrected chi connectivity index (χ3v) is 4.25. The molecule has 18 heavy (non-hydrogen) atoms. The van der Waals surface area contributed by atoms with Gasteiger partial charge in [0.2, 0.25) is 0 Å². The molecule has 1 N–H and O–H groups in total. The highest BCUT2D eigenvalue weighted by Crippen LogP contribution is 2.25. The summed E-state index contributed by atoms with van der Waals surface area (Å²) in [4.78, 5) is 13.7. The lowest BCUT2D eigenvalue weighted by Gasteiger charge is -2.30. The molecule has 0 aromatic carbocycles. The Bertz CT molecular complexity index is 614. The van der Waals surface area contributed by atoms with Crippen LogP contribution in [0, 0.1) is 6.92 Å². The molecule has 0 unspecified atom stereocenters. The van der Waals surface area contributed by atoms with Crippen LogP contribution in [0.15, 0.2) is 4.79 Å². The zero-order chi connectivity index (χ0) is 12.7. The molecule has 0 bridgehead atoms. The molecule has 0 amide bonds. The third kappa shape index (κ3) is 1.87. The average Bonchev–Trinajstić information content (AvgIpc) is 2.95. The van der Waals surface area contributed by atoms with Crippen molar-refractivity contribution in [2.45, 2.75) is 33.0 Å². The number of aryl methyl sites for hydroxylation is 1. The van der Waals surface area contributed by atoms with Gasteiger partial charge in [-0.25, -0.2) is 9.89 Å². The van der Waals surface area contributed by atoms with Gasteiger partial charge >= 0.3 is 5.69 Å². The Kier molecular flexibility index (Phi) is 2.75. The van der Waals surface area contributed by atoms with E-state index in [-0.39, 0.29) is 11.7 Å². The Morgan fingerprint density at radius 1 is 1.39 bits per heavy atom. The quantitative estimate of drug-likeness (QED) is 0.846. The van der Waals surface area contributed by atoms with E-state index in [2.05, 4.69) is 32.2 Å². The Hall–Kier alpha value is -1.54. The maximum atomic E-state index is 11.4. The van der Waals surface area contributed by atoms with Gasteiger partial charge in [-0.3, -0.25) is 9.47 Å². The highest BCUT2D eigenvalue weighted by atomic mass is 32.1. The maximum Gasteiger partial charge on any atom is 0.343 e. The molecule has 8 heteroatoms. The second-order valence-electron chi connectivity index (χ2n) is 4.40. The first-order valence-corrected chi connectivity index (χ1v) is 6.65. The number of hydrogen-bond acceptors (Lipinski definition) is 6. The Labute approximate surface area is 107 Å². The standard InChI is InChI=1S/C10H14N6OS/c1-6(9-13-11-7(2)18-9)15-3-4-16-8(5-15)12-14-10(16)17/h6H,3-5H2,1-2H3,(H,14,17)/t6-/m0/s1. The van der Waals surface area contributed by atoms with Crippen molar-refractivity contribution in [1.82, 2.24) is 29.9 Å². The van der Waals surface area contributed by atoms with E-state index in [0.717, 1.165) is 22.4 Å². The van der Waals surface area contributed by atoms with Crippen molar-refractivity contribution >= 4 is 11.3 Å². The van der Waals surface area contributed by atoms with Crippen molar-refractivity contribution in [3.8, 4) is 0 Å². The smallest absolute Gasteiger partial charge is 0.285 e. The molecule has 3 rings (SSSR count). The van der Waals surface area contributed by atoms with E-state index >= 15 is 0 Å². The monoisotopic (exact) mass is 266 g/mol. The molecule has 0 fully saturated rings. The van der Waals surface area contributed by atoms with E-state index in [9.17, 15) is 4.79 Å². The van der Waals surface area contributed by atoms with Gasteiger partial charge in [0, 0.05) is 13.1 Å². The van der Waals surface area contributed by atoms with Crippen molar-refractivity contribution in [1.29, 1.82) is 0 Å². The van der Waals surface area contributed by atoms with Gasteiger partial charge < -0.3 is 0 Å². The van der Waals surface area contributed by atoms with Crippen LogP contribution >= 0.6 is 11.3 Å². The third-order valence-electron chi connectivity index (χ3n) is 3.24. The summed E-state index contributed by atoms with van der Waals surface area (Å²) in [6.07, 6.45) is 0. The van der Waals surface area contributed by atoms with Gasteiger partial charge in [-0.2, -0.15) is 5.10 Å². The largest absolute Gasteiger partial charge is 0.343 e. The highest BCUT2D eigenvalue weighted by Gasteiger charge is 2.25. The van der Waals surface area contributed by atoms with Gasteiger partial charge in [-0.05, 0) is 13.8 Å². The fraction of sp³-hybridized carbons (Fsp3) is 0.600. The number of aromatic amines is 1. The molecular weight excluding hydrogens is 252 g/mol. The van der Waals surface area contributed by atoms with E-state index in [4.69, 9.17) is 0 Å². The van der Waals surface area contributed by atoms with Gasteiger partial charge in [0.15, 0.2) is 0 Å². The Morgan fingerprint density at radius 3 is 2.94 bits per heavy atom. The van der Waals surface area contributed by atoms with Crippen LogP contribution in [0.5, 0.6) is 0 Å². The van der Waals surface area contributed by atoms with Gasteiger partial charge in [0.1, 0.15) is 15.8 Å². The second kappa shape index (κ2) is 4.29. The van der Waals surface area contributed by atoms with Gasteiger partial charge in [0.05, 0.1) is 12.6 Å². The average molecular weight is 266 g/mol. The van der Waals surface area contributed by atoms with E-state index in [0.29, 0.717) is 13.1 Å². The van der Waals surface area contributed by atoms with E-state index in [1.165, 1.54) is 0 Å². The molecule has 96 valence electrons. The molecule has 7 nitrogen and oxygen atoms in total. The van der Waals surface area contributed by atoms with Gasteiger partial charge in [0.25, 0.3) is 0 Å². The van der Waals surface area contributed by atoms with Crippen LogP contribution in [-0.4, -0.2) is 36.4 Å². The number of H-pyrrole nitrogens is 1. The molecule has 1 aliphatic heterocycles. The number of nitrogens with one attached hydrogen (secondary N) is 1. The zero-order valence-electron chi connectivity index (χ0n) is 10.3. The summed E-state index contributed by atoms with van der Waals surface area (Å²) in [6.45, 7) is 6.23. The molecule has 1 atom stereocenters. The fourth-order valence-corrected chi connectivity index (χ4v) is 2.94. The second-order valence-corrected chi connectivity index (χ2v) is 5.62. The van der Waals surface area contributed by atoms with Crippen LogP contribution in [0.3, 0.4) is 0 Å². The SMILES string of the molecule is Cc1nnc([C@H](C)N2CCn3c(n[nH]c3=O)C2)s1. The number of nitrogens with zero attached hydrogens (tertiary/aromatic N) is 5. The molecule has 1 aliphatic rings. The summed E-state index contributed by atoms with van der Waals surface area (Å²) in [5, 5.41) is 16.7. The summed E-state index contributed by atoms with van der Waals surface area (Å²) >= 11 is 1.62. The summed E-state index contributed by atoms with van der Waals surface area (Å²) in [5.74, 6) is 0.791. The normalized spacial score (nSPS) is 17.7. The lowest BCUT2D eigenvalue weighted by molar-refractivity contribution is 0.161. The Balaban J connectivity index is 1.81. The predicted octanol–water partition coefficient (Wildman–Crippen LogP) is 0.308. The topological polar surface area (TPSA) is 79.7 Å². The van der Waals surface area contributed by atoms with Crippen LogP contribution in [-0.2, 0) is 13.1 Å². The lowest BCUT2D eigenvalue weighted by atomic mass is 10.2. The first-order chi connectivity index (χ1) is 8.65. The van der Waals surface area contributed by atoms with Gasteiger partial charge in [-0.15, -0.1) is 21.5 Å². The van der Waals surface area contributed by atoms with E-state index in [1.807, 2.05) is 6.92 Å². The summed E-state index contributed by atoms with van der Waals surface area (Å²) in [7, 11) is 0. The first kappa shape index (κ1) is 11.5. The molecule has 2 aromatic rings. The summed E-state index contributed by atoms with van der Waals surface area (Å²) < 4.78 is 1.69. The molecule has 3 heterocycles. The summed E-state index contributed by atoms with van der Waals surface area (Å²) in [5.41, 5.74) is -0.121. The van der Waals surface area contributed by atoms with Crippen LogP contribution < -0.4 is 5.69 Å². The number of aromatic nitrogens is 5. The molecule has 0 radical (unpaired) electrons. The van der Waals surface area contributed by atoms with Crippen molar-refractivity contribution < 1.29 is 0 Å². The highest BCUT2D eigenvalue weighted by molar-refractivity contribution is 7.11. The number of rotatable bonds is 2. The van der Waals surface area contributed by atoms with Crippen LogP contribution in [0.1, 0.15) is 28.8 Å². The predicted molar refractivity (Wildman–Crippen MR) is 66.3 cm³/mol. The molecule has 2 aromatic heterocycles. The molecule has 0 saturated heterocycles. The van der Waals surface area contributed by atoms with E-state index in [1.54, 1.807) is 15.9 Å². The lowest BCUT2D eigenvalue weighted by Crippen LogP contribution is -2.38. The van der Waals surface area contributed by atoms with Crippen LogP contribution in [0.4, 0.5) is 0 Å². The van der Waals surface area contributed by atoms with Gasteiger partial charge in [-0.1, -0.05) is 0 Å². The maximum absolute atomic E-state index is 11.4. The van der Waals surface area contributed by atoms with E-state index < -0.39 is 0 Å². The zero-order valence-corrected chi connectivity index (χ0v) is 11.1. The number of fused-ring (bicyclic) bond motifs is 1. The Morgan fingerprint density at radius 2 is 2.22 bits per heavy atom. The minimum atomic E-state index is -0.121. The van der Waals surface area contributed by atoms with Crippen LogP contribution in [0.25, 0.3) is 0 Å². The minimum absolute atomic E-state index is 0.121. The molecule has 0 aliphatic carbocycles. The van der Waals surface area contributed by atoms with Crippen molar-refractivity contribution in [2.24, 2.45) is 0 Å². The van der Waals surface area contributed by atoms with Crippen molar-refractivity contribution in [2.75, 3.05) is 6.54 Å². The number of hydrogen-bond donors (Lipinski definition) is 1. The van der Waals surface area contributed by atoms with Crippen molar-refractivity contribution in [3.05, 3.63) is 26.3 Å².